The third-order valence-electron chi connectivity index (χ3n) is 4.90. The van der Waals surface area contributed by atoms with E-state index in [1.165, 1.54) is 17.2 Å². The van der Waals surface area contributed by atoms with Crippen molar-refractivity contribution in [3.63, 3.8) is 0 Å². The van der Waals surface area contributed by atoms with Crippen LogP contribution >= 0.6 is 0 Å². The first kappa shape index (κ1) is 23.6. The fraction of sp³-hybridized carbons (Fsp3) is 0.480. The molecule has 0 spiro atoms. The first-order chi connectivity index (χ1) is 14.4. The lowest BCUT2D eigenvalue weighted by molar-refractivity contribution is 0.274. The first-order valence-corrected chi connectivity index (χ1v) is 10.9. The number of nitrogens with one attached hydrogen (secondary N) is 1. The number of phenolic OH excluding ortho intramolecular Hbond substituents is 1. The Kier molecular flexibility index (Phi) is 9.52. The fourth-order valence-corrected chi connectivity index (χ4v) is 3.17. The predicted octanol–water partition coefficient (Wildman–Crippen LogP) is 6.26. The van der Waals surface area contributed by atoms with Crippen LogP contribution in [0.25, 0.3) is 10.9 Å². The van der Waals surface area contributed by atoms with Crippen LogP contribution < -0.4 is 15.0 Å². The molecular weight excluding hydrogens is 378 g/mol. The van der Waals surface area contributed by atoms with Crippen molar-refractivity contribution in [3.8, 4) is 17.2 Å². The number of unbranched alkanes of at least 4 members (excludes halogenated alkanes) is 3. The van der Waals surface area contributed by atoms with Crippen LogP contribution in [0, 0.1) is 0 Å². The smallest absolute Gasteiger partial charge is 0.294 e. The molecule has 2 rings (SSSR count). The molecule has 2 aromatic rings. The summed E-state index contributed by atoms with van der Waals surface area (Å²) in [6, 6.07) is 4.85. The molecule has 0 radical (unpaired) electrons. The number of fused-ring (bicyclic) bond motifs is 1. The molecule has 2 N–H and O–H groups in total. The SMILES string of the molecule is CCCCCCOc1c(OC/C=C(\C)CCC=C(C)C)c2ccc(O)cc2[nH]c1=O. The zero-order valence-corrected chi connectivity index (χ0v) is 18.7. The van der Waals surface area contributed by atoms with Gasteiger partial charge in [0, 0.05) is 11.5 Å². The van der Waals surface area contributed by atoms with Crippen LogP contribution in [0.2, 0.25) is 0 Å². The van der Waals surface area contributed by atoms with Gasteiger partial charge in [-0.25, -0.2) is 0 Å². The van der Waals surface area contributed by atoms with Gasteiger partial charge in [0.05, 0.1) is 12.1 Å². The number of benzene rings is 1. The lowest BCUT2D eigenvalue weighted by Gasteiger charge is -2.14. The van der Waals surface area contributed by atoms with Crippen LogP contribution in [-0.4, -0.2) is 23.3 Å². The molecule has 5 heteroatoms. The van der Waals surface area contributed by atoms with E-state index in [4.69, 9.17) is 9.47 Å². The van der Waals surface area contributed by atoms with Gasteiger partial charge in [-0.05, 0) is 58.2 Å². The molecule has 0 amide bonds. The first-order valence-electron chi connectivity index (χ1n) is 10.9. The maximum Gasteiger partial charge on any atom is 0.294 e. The van der Waals surface area contributed by atoms with E-state index in [1.54, 1.807) is 12.1 Å². The van der Waals surface area contributed by atoms with Crippen LogP contribution in [0.15, 0.2) is 46.3 Å². The van der Waals surface area contributed by atoms with Crippen LogP contribution in [0.4, 0.5) is 0 Å². The molecule has 1 aromatic heterocycles. The van der Waals surface area contributed by atoms with Crippen molar-refractivity contribution in [2.45, 2.75) is 66.2 Å². The second-order valence-corrected chi connectivity index (χ2v) is 7.93. The van der Waals surface area contributed by atoms with Gasteiger partial charge in [0.2, 0.25) is 5.75 Å². The van der Waals surface area contributed by atoms with Crippen LogP contribution in [0.1, 0.15) is 66.2 Å². The summed E-state index contributed by atoms with van der Waals surface area (Å²) >= 11 is 0. The molecular formula is C25H35NO4. The minimum atomic E-state index is -0.345. The number of ether oxygens (including phenoxy) is 2. The monoisotopic (exact) mass is 413 g/mol. The summed E-state index contributed by atoms with van der Waals surface area (Å²) in [5.74, 6) is 0.727. The maximum absolute atomic E-state index is 12.6. The van der Waals surface area contributed by atoms with E-state index in [9.17, 15) is 9.90 Å². The van der Waals surface area contributed by atoms with E-state index in [0.717, 1.165) is 38.5 Å². The van der Waals surface area contributed by atoms with Gasteiger partial charge >= 0.3 is 0 Å². The van der Waals surface area contributed by atoms with Crippen LogP contribution in [-0.2, 0) is 0 Å². The average molecular weight is 414 g/mol. The highest BCUT2D eigenvalue weighted by molar-refractivity contribution is 5.88. The van der Waals surface area contributed by atoms with Crippen molar-refractivity contribution >= 4 is 10.9 Å². The third kappa shape index (κ3) is 7.29. The molecule has 0 unspecified atom stereocenters. The fourth-order valence-electron chi connectivity index (χ4n) is 3.17. The second-order valence-electron chi connectivity index (χ2n) is 7.93. The third-order valence-corrected chi connectivity index (χ3v) is 4.90. The summed E-state index contributed by atoms with van der Waals surface area (Å²) in [7, 11) is 0. The largest absolute Gasteiger partial charge is 0.508 e. The van der Waals surface area contributed by atoms with Gasteiger partial charge in [-0.1, -0.05) is 43.4 Å². The maximum atomic E-state index is 12.6. The van der Waals surface area contributed by atoms with Gasteiger partial charge < -0.3 is 19.6 Å². The van der Waals surface area contributed by atoms with Crippen molar-refractivity contribution in [2.75, 3.05) is 13.2 Å². The van der Waals surface area contributed by atoms with Gasteiger partial charge in [0.1, 0.15) is 12.4 Å². The van der Waals surface area contributed by atoms with E-state index in [1.807, 2.05) is 6.08 Å². The van der Waals surface area contributed by atoms with E-state index in [0.29, 0.717) is 29.9 Å². The van der Waals surface area contributed by atoms with Crippen molar-refractivity contribution in [1.82, 2.24) is 4.98 Å². The number of hydrogen-bond acceptors (Lipinski definition) is 4. The Morgan fingerprint density at radius 3 is 2.60 bits per heavy atom. The normalized spacial score (nSPS) is 11.5. The van der Waals surface area contributed by atoms with Crippen molar-refractivity contribution in [3.05, 3.63) is 51.9 Å². The van der Waals surface area contributed by atoms with Gasteiger partial charge in [0.15, 0.2) is 5.75 Å². The summed E-state index contributed by atoms with van der Waals surface area (Å²) in [5.41, 5.74) is 2.74. The van der Waals surface area contributed by atoms with E-state index >= 15 is 0 Å². The number of phenols is 1. The molecule has 0 fully saturated rings. The van der Waals surface area contributed by atoms with Gasteiger partial charge in [-0.15, -0.1) is 0 Å². The van der Waals surface area contributed by atoms with E-state index in [2.05, 4.69) is 38.8 Å². The van der Waals surface area contributed by atoms with Crippen LogP contribution in [0.3, 0.4) is 0 Å². The summed E-state index contributed by atoms with van der Waals surface area (Å²) in [4.78, 5) is 15.4. The van der Waals surface area contributed by atoms with Crippen LogP contribution in [0.5, 0.6) is 17.2 Å². The van der Waals surface area contributed by atoms with E-state index in [-0.39, 0.29) is 17.1 Å². The minimum Gasteiger partial charge on any atom is -0.508 e. The molecule has 0 aliphatic heterocycles. The number of aromatic hydroxyl groups is 1. The minimum absolute atomic E-state index is 0.0901. The summed E-state index contributed by atoms with van der Waals surface area (Å²) in [6.07, 6.45) is 10.5. The molecule has 0 atom stereocenters. The highest BCUT2D eigenvalue weighted by atomic mass is 16.5. The van der Waals surface area contributed by atoms with Crippen molar-refractivity contribution in [1.29, 1.82) is 0 Å². The second kappa shape index (κ2) is 12.1. The van der Waals surface area contributed by atoms with E-state index < -0.39 is 0 Å². The molecule has 1 heterocycles. The highest BCUT2D eigenvalue weighted by Gasteiger charge is 2.16. The Balaban J connectivity index is 2.20. The molecule has 0 saturated heterocycles. The molecule has 0 saturated carbocycles. The lowest BCUT2D eigenvalue weighted by Crippen LogP contribution is -2.14. The zero-order chi connectivity index (χ0) is 21.9. The van der Waals surface area contributed by atoms with Crippen molar-refractivity contribution in [2.24, 2.45) is 0 Å². The number of allylic oxidation sites excluding steroid dienone is 3. The summed E-state index contributed by atoms with van der Waals surface area (Å²) < 4.78 is 11.9. The summed E-state index contributed by atoms with van der Waals surface area (Å²) in [6.45, 7) is 9.27. The van der Waals surface area contributed by atoms with Gasteiger partial charge in [0.25, 0.3) is 5.56 Å². The number of pyridine rings is 1. The molecule has 0 bridgehead atoms. The average Bonchev–Trinajstić information content (AvgIpc) is 2.68. The zero-order valence-electron chi connectivity index (χ0n) is 18.7. The Labute approximate surface area is 179 Å². The quantitative estimate of drug-likeness (QED) is 0.318. The number of aromatic amines is 1. The van der Waals surface area contributed by atoms with Crippen molar-refractivity contribution < 1.29 is 14.6 Å². The molecule has 164 valence electrons. The summed E-state index contributed by atoms with van der Waals surface area (Å²) in [5, 5.41) is 10.5. The molecule has 5 nitrogen and oxygen atoms in total. The number of aromatic nitrogens is 1. The lowest BCUT2D eigenvalue weighted by atomic mass is 10.1. The number of hydrogen-bond donors (Lipinski definition) is 2. The topological polar surface area (TPSA) is 71.5 Å². The standard InChI is InChI=1S/C25H35NO4/c1-5-6-7-8-15-29-24-23(30-16-14-19(4)11-9-10-18(2)3)21-13-12-20(27)17-22(21)26-25(24)28/h10,12-14,17,27H,5-9,11,15-16H2,1-4H3,(H,26,28)/b19-14+. The Hall–Kier alpha value is -2.69. The molecule has 30 heavy (non-hydrogen) atoms. The predicted molar refractivity (Wildman–Crippen MR) is 124 cm³/mol. The molecule has 1 aromatic carbocycles. The highest BCUT2D eigenvalue weighted by Crippen LogP contribution is 2.33. The number of H-pyrrole nitrogens is 1. The van der Waals surface area contributed by atoms with Gasteiger partial charge in [-0.3, -0.25) is 4.79 Å². The Morgan fingerprint density at radius 2 is 1.87 bits per heavy atom. The van der Waals surface area contributed by atoms with Gasteiger partial charge in [-0.2, -0.15) is 0 Å². The Morgan fingerprint density at radius 1 is 1.07 bits per heavy atom. The molecule has 0 aliphatic carbocycles. The number of rotatable bonds is 12. The molecule has 0 aliphatic rings. The Bertz CT molecular complexity index is 936.